The zero-order valence-corrected chi connectivity index (χ0v) is 16.0. The number of aryl methyl sites for hydroxylation is 1. The van der Waals surface area contributed by atoms with Gasteiger partial charge >= 0.3 is 5.97 Å². The van der Waals surface area contributed by atoms with Crippen molar-refractivity contribution >= 4 is 26.9 Å². The van der Waals surface area contributed by atoms with Crippen molar-refractivity contribution in [1.82, 2.24) is 0 Å². The highest BCUT2D eigenvalue weighted by atomic mass is 32.2. The second kappa shape index (κ2) is 7.90. The molecule has 0 aromatic heterocycles. The maximum Gasteiger partial charge on any atom is 0.338 e. The first-order valence-corrected chi connectivity index (χ1v) is 9.96. The van der Waals surface area contributed by atoms with Crippen LogP contribution in [0.5, 0.6) is 0 Å². The molecule has 0 saturated carbocycles. The Bertz CT molecular complexity index is 1070. The topological polar surface area (TPSA) is 69.7 Å². The van der Waals surface area contributed by atoms with Gasteiger partial charge in [-0.15, -0.1) is 0 Å². The molecule has 0 aliphatic rings. The molecule has 0 saturated heterocycles. The van der Waals surface area contributed by atoms with E-state index in [-0.39, 0.29) is 18.1 Å². The molecular weight excluding hydrogens is 364 g/mol. The molecule has 0 spiro atoms. The Hall–Kier alpha value is -2.70. The predicted molar refractivity (Wildman–Crippen MR) is 103 cm³/mol. The Morgan fingerprint density at radius 3 is 2.41 bits per heavy atom. The third-order valence-corrected chi connectivity index (χ3v) is 5.39. The lowest BCUT2D eigenvalue weighted by Gasteiger charge is -2.11. The van der Waals surface area contributed by atoms with Crippen molar-refractivity contribution in [2.24, 2.45) is 0 Å². The van der Waals surface area contributed by atoms with Gasteiger partial charge in [0.25, 0.3) is 10.1 Å². The quantitative estimate of drug-likeness (QED) is 0.470. The number of rotatable bonds is 6. The number of ether oxygens (including phenoxy) is 1. The fourth-order valence-corrected chi connectivity index (χ4v) is 3.65. The van der Waals surface area contributed by atoms with E-state index >= 15 is 0 Å². The van der Waals surface area contributed by atoms with E-state index in [2.05, 4.69) is 0 Å². The van der Waals surface area contributed by atoms with Crippen LogP contribution in [0.4, 0.5) is 0 Å². The zero-order valence-electron chi connectivity index (χ0n) is 15.1. The van der Waals surface area contributed by atoms with Crippen molar-refractivity contribution in [2.45, 2.75) is 25.3 Å². The van der Waals surface area contributed by atoms with E-state index in [1.54, 1.807) is 25.1 Å². The molecule has 0 amide bonds. The van der Waals surface area contributed by atoms with Crippen molar-refractivity contribution in [3.8, 4) is 0 Å². The Kier molecular flexibility index (Phi) is 5.58. The van der Waals surface area contributed by atoms with E-state index in [0.29, 0.717) is 11.1 Å². The van der Waals surface area contributed by atoms with Crippen LogP contribution in [0.15, 0.2) is 65.6 Å². The van der Waals surface area contributed by atoms with Crippen LogP contribution in [0.3, 0.4) is 0 Å². The van der Waals surface area contributed by atoms with Crippen LogP contribution in [-0.2, 0) is 25.6 Å². The first-order valence-electron chi connectivity index (χ1n) is 8.55. The lowest BCUT2D eigenvalue weighted by atomic mass is 10.0. The van der Waals surface area contributed by atoms with Gasteiger partial charge < -0.3 is 4.74 Å². The largest absolute Gasteiger partial charge is 0.462 e. The number of carbonyl (C=O) groups excluding carboxylic acids is 1. The molecule has 0 fully saturated rings. The van der Waals surface area contributed by atoms with Gasteiger partial charge in [-0.1, -0.05) is 42.0 Å². The fraction of sp³-hybridized carbons (Fsp3) is 0.190. The molecule has 0 N–H and O–H groups in total. The monoisotopic (exact) mass is 384 g/mol. The molecule has 0 unspecified atom stereocenters. The average Bonchev–Trinajstić information content (AvgIpc) is 2.66. The number of hydrogen-bond donors (Lipinski definition) is 0. The standard InChI is InChI=1S/C21H20O5S/c1-3-25-21(22)20-13-16(12-17-6-4-5-7-19(17)20)14-26-27(23,24)18-10-8-15(2)9-11-18/h4-13H,3,14H2,1-2H3. The third-order valence-electron chi connectivity index (χ3n) is 4.11. The molecule has 140 valence electrons. The highest BCUT2D eigenvalue weighted by Crippen LogP contribution is 2.24. The van der Waals surface area contributed by atoms with Crippen LogP contribution >= 0.6 is 0 Å². The summed E-state index contributed by atoms with van der Waals surface area (Å²) in [6, 6.07) is 17.2. The van der Waals surface area contributed by atoms with Gasteiger partial charge in [-0.3, -0.25) is 4.18 Å². The van der Waals surface area contributed by atoms with E-state index in [9.17, 15) is 13.2 Å². The van der Waals surface area contributed by atoms with E-state index in [4.69, 9.17) is 8.92 Å². The van der Waals surface area contributed by atoms with Gasteiger partial charge in [0.15, 0.2) is 0 Å². The van der Waals surface area contributed by atoms with Gasteiger partial charge in [0, 0.05) is 0 Å². The second-order valence-electron chi connectivity index (χ2n) is 6.11. The highest BCUT2D eigenvalue weighted by molar-refractivity contribution is 7.86. The Morgan fingerprint density at radius 1 is 1.00 bits per heavy atom. The van der Waals surface area contributed by atoms with E-state index < -0.39 is 16.1 Å². The van der Waals surface area contributed by atoms with Gasteiger partial charge in [-0.05, 0) is 54.4 Å². The van der Waals surface area contributed by atoms with E-state index in [0.717, 1.165) is 16.3 Å². The summed E-state index contributed by atoms with van der Waals surface area (Å²) in [5.74, 6) is -0.447. The molecule has 3 rings (SSSR count). The van der Waals surface area contributed by atoms with Gasteiger partial charge in [-0.2, -0.15) is 8.42 Å². The fourth-order valence-electron chi connectivity index (χ4n) is 2.75. The van der Waals surface area contributed by atoms with Crippen LogP contribution in [0, 0.1) is 6.92 Å². The zero-order chi connectivity index (χ0) is 19.4. The minimum absolute atomic E-state index is 0.0968. The SMILES string of the molecule is CCOC(=O)c1cc(COS(=O)(=O)c2ccc(C)cc2)cc2ccccc12. The summed E-state index contributed by atoms with van der Waals surface area (Å²) in [6.45, 7) is 3.70. The summed E-state index contributed by atoms with van der Waals surface area (Å²) in [4.78, 5) is 12.4. The van der Waals surface area contributed by atoms with Crippen LogP contribution in [0.2, 0.25) is 0 Å². The van der Waals surface area contributed by atoms with Crippen LogP contribution in [-0.4, -0.2) is 21.0 Å². The van der Waals surface area contributed by atoms with Crippen LogP contribution < -0.4 is 0 Å². The van der Waals surface area contributed by atoms with Crippen molar-refractivity contribution < 1.29 is 22.1 Å². The molecule has 6 heteroatoms. The number of hydrogen-bond acceptors (Lipinski definition) is 5. The number of carbonyl (C=O) groups is 1. The van der Waals surface area contributed by atoms with Crippen molar-refractivity contribution in [1.29, 1.82) is 0 Å². The minimum Gasteiger partial charge on any atom is -0.462 e. The lowest BCUT2D eigenvalue weighted by molar-refractivity contribution is 0.0528. The average molecular weight is 384 g/mol. The summed E-state index contributed by atoms with van der Waals surface area (Å²) in [5.41, 5.74) is 1.93. The molecule has 27 heavy (non-hydrogen) atoms. The summed E-state index contributed by atoms with van der Waals surface area (Å²) in [7, 11) is -3.89. The number of esters is 1. The van der Waals surface area contributed by atoms with Gasteiger partial charge in [0.1, 0.15) is 0 Å². The maximum atomic E-state index is 12.4. The molecule has 0 bridgehead atoms. The molecular formula is C21H20O5S. The van der Waals surface area contributed by atoms with Gasteiger partial charge in [0.2, 0.25) is 0 Å². The van der Waals surface area contributed by atoms with Crippen molar-refractivity contribution in [3.63, 3.8) is 0 Å². The first-order chi connectivity index (χ1) is 12.9. The first kappa shape index (κ1) is 19.1. The summed E-state index contributed by atoms with van der Waals surface area (Å²) < 4.78 is 35.1. The van der Waals surface area contributed by atoms with Crippen molar-refractivity contribution in [3.05, 3.63) is 77.4 Å². The summed E-state index contributed by atoms with van der Waals surface area (Å²) in [5, 5.41) is 1.57. The molecule has 3 aromatic rings. The number of fused-ring (bicyclic) bond motifs is 1. The molecule has 3 aromatic carbocycles. The summed E-state index contributed by atoms with van der Waals surface area (Å²) in [6.07, 6.45) is 0. The molecule has 5 nitrogen and oxygen atoms in total. The van der Waals surface area contributed by atoms with Crippen molar-refractivity contribution in [2.75, 3.05) is 6.61 Å². The lowest BCUT2D eigenvalue weighted by Crippen LogP contribution is -2.09. The molecule has 0 aliphatic heterocycles. The number of benzene rings is 3. The Morgan fingerprint density at radius 2 is 1.70 bits per heavy atom. The Balaban J connectivity index is 1.90. The predicted octanol–water partition coefficient (Wildman–Crippen LogP) is 4.23. The molecule has 0 radical (unpaired) electrons. The summed E-state index contributed by atoms with van der Waals surface area (Å²) >= 11 is 0. The van der Waals surface area contributed by atoms with Gasteiger partial charge in [-0.25, -0.2) is 4.79 Å². The van der Waals surface area contributed by atoms with Crippen LogP contribution in [0.1, 0.15) is 28.4 Å². The third kappa shape index (κ3) is 4.35. The minimum atomic E-state index is -3.89. The Labute approximate surface area is 158 Å². The molecule has 0 heterocycles. The highest BCUT2D eigenvalue weighted by Gasteiger charge is 2.17. The van der Waals surface area contributed by atoms with Crippen LogP contribution in [0.25, 0.3) is 10.8 Å². The van der Waals surface area contributed by atoms with Gasteiger partial charge in [0.05, 0.1) is 23.7 Å². The van der Waals surface area contributed by atoms with E-state index in [1.807, 2.05) is 37.3 Å². The smallest absolute Gasteiger partial charge is 0.338 e. The normalized spacial score (nSPS) is 11.5. The second-order valence-corrected chi connectivity index (χ2v) is 7.73. The molecule has 0 atom stereocenters. The maximum absolute atomic E-state index is 12.4. The van der Waals surface area contributed by atoms with E-state index in [1.165, 1.54) is 12.1 Å². The molecule has 0 aliphatic carbocycles.